The van der Waals surface area contributed by atoms with Gasteiger partial charge >= 0.3 is 0 Å². The predicted molar refractivity (Wildman–Crippen MR) is 120 cm³/mol. The second-order valence-electron chi connectivity index (χ2n) is 8.04. The number of hydrogen-bond acceptors (Lipinski definition) is 4. The number of hydrogen-bond donors (Lipinski definition) is 2. The zero-order chi connectivity index (χ0) is 24.5. The third kappa shape index (κ3) is 7.49. The molecule has 9 heteroatoms. The summed E-state index contributed by atoms with van der Waals surface area (Å²) in [5.74, 6) is -4.56. The number of halogens is 3. The number of nitrogens with zero attached hydrogens (tertiary/aromatic N) is 1. The summed E-state index contributed by atoms with van der Waals surface area (Å²) in [5.41, 5.74) is 0.465. The van der Waals surface area contributed by atoms with Gasteiger partial charge in [-0.25, -0.2) is 13.2 Å². The van der Waals surface area contributed by atoms with Gasteiger partial charge in [0.15, 0.2) is 17.5 Å². The van der Waals surface area contributed by atoms with Crippen LogP contribution in [0.3, 0.4) is 0 Å². The molecule has 6 nitrogen and oxygen atoms in total. The zero-order valence-corrected chi connectivity index (χ0v) is 19.3. The van der Waals surface area contributed by atoms with Gasteiger partial charge in [0.25, 0.3) is 0 Å². The van der Waals surface area contributed by atoms with Gasteiger partial charge in [0.05, 0.1) is 31.9 Å². The van der Waals surface area contributed by atoms with Crippen molar-refractivity contribution in [2.45, 2.75) is 33.2 Å². The minimum atomic E-state index is -1.66. The molecule has 0 aliphatic rings. The average molecular weight is 466 g/mol. The van der Waals surface area contributed by atoms with Crippen molar-refractivity contribution in [2.24, 2.45) is 5.92 Å². The number of carbonyl (C=O) groups excluding carboxylic acids is 2. The first-order valence-electron chi connectivity index (χ1n) is 10.7. The monoisotopic (exact) mass is 465 g/mol. The fraction of sp³-hybridized carbons (Fsp3) is 0.417. The predicted octanol–water partition coefficient (Wildman–Crippen LogP) is 4.28. The van der Waals surface area contributed by atoms with Crippen molar-refractivity contribution in [3.8, 4) is 5.75 Å². The molecule has 0 bridgehead atoms. The van der Waals surface area contributed by atoms with Gasteiger partial charge in [0.1, 0.15) is 5.75 Å². The lowest BCUT2D eigenvalue weighted by molar-refractivity contribution is -0.124. The van der Waals surface area contributed by atoms with Crippen LogP contribution in [0.2, 0.25) is 0 Å². The van der Waals surface area contributed by atoms with Crippen LogP contribution in [0.1, 0.15) is 38.8 Å². The third-order valence-corrected chi connectivity index (χ3v) is 5.04. The van der Waals surface area contributed by atoms with Crippen molar-refractivity contribution in [1.82, 2.24) is 10.2 Å². The molecular formula is C24H30F3N3O3. The molecule has 1 atom stereocenters. The highest BCUT2D eigenvalue weighted by molar-refractivity contribution is 5.92. The van der Waals surface area contributed by atoms with Gasteiger partial charge in [-0.05, 0) is 48.7 Å². The molecule has 180 valence electrons. The van der Waals surface area contributed by atoms with Crippen molar-refractivity contribution < 1.29 is 27.5 Å². The molecule has 0 saturated heterocycles. The minimum absolute atomic E-state index is 0.0547. The lowest BCUT2D eigenvalue weighted by Gasteiger charge is -2.26. The van der Waals surface area contributed by atoms with Gasteiger partial charge in [-0.15, -0.1) is 0 Å². The molecule has 2 N–H and O–H groups in total. The molecule has 33 heavy (non-hydrogen) atoms. The maximum atomic E-state index is 13.8. The van der Waals surface area contributed by atoms with Gasteiger partial charge in [0.2, 0.25) is 11.8 Å². The summed E-state index contributed by atoms with van der Waals surface area (Å²) in [6.45, 7) is 6.04. The lowest BCUT2D eigenvalue weighted by Crippen LogP contribution is -2.43. The molecule has 2 aromatic rings. The molecular weight excluding hydrogens is 435 g/mol. The number of rotatable bonds is 11. The topological polar surface area (TPSA) is 70.7 Å². The molecule has 1 unspecified atom stereocenters. The van der Waals surface area contributed by atoms with Crippen LogP contribution >= 0.6 is 0 Å². The number of nitrogens with one attached hydrogen (secondary N) is 2. The van der Waals surface area contributed by atoms with Crippen molar-refractivity contribution in [3.63, 3.8) is 0 Å². The Morgan fingerprint density at radius 2 is 1.61 bits per heavy atom. The fourth-order valence-electron chi connectivity index (χ4n) is 3.41. The molecule has 2 amide bonds. The Morgan fingerprint density at radius 1 is 0.970 bits per heavy atom. The Bertz CT molecular complexity index is 952. The Hall–Kier alpha value is -3.07. The van der Waals surface area contributed by atoms with E-state index in [1.54, 1.807) is 12.0 Å². The highest BCUT2D eigenvalue weighted by atomic mass is 19.2. The maximum absolute atomic E-state index is 13.8. The van der Waals surface area contributed by atoms with E-state index in [4.69, 9.17) is 4.74 Å². The summed E-state index contributed by atoms with van der Waals surface area (Å²) in [7, 11) is 1.58. The van der Waals surface area contributed by atoms with E-state index in [1.807, 2.05) is 45.0 Å². The minimum Gasteiger partial charge on any atom is -0.497 e. The Morgan fingerprint density at radius 3 is 2.18 bits per heavy atom. The van der Waals surface area contributed by atoms with Crippen LogP contribution in [-0.4, -0.2) is 43.5 Å². The quantitative estimate of drug-likeness (QED) is 0.486. The molecule has 0 aromatic heterocycles. The van der Waals surface area contributed by atoms with Crippen LogP contribution in [0.25, 0.3) is 0 Å². The molecule has 2 rings (SSSR count). The molecule has 0 aliphatic heterocycles. The van der Waals surface area contributed by atoms with E-state index in [9.17, 15) is 22.8 Å². The average Bonchev–Trinajstić information content (AvgIpc) is 2.78. The fourth-order valence-corrected chi connectivity index (χ4v) is 3.41. The van der Waals surface area contributed by atoms with E-state index >= 15 is 0 Å². The third-order valence-electron chi connectivity index (χ3n) is 5.04. The smallest absolute Gasteiger partial charge is 0.238 e. The molecule has 2 aromatic carbocycles. The second-order valence-corrected chi connectivity index (χ2v) is 8.04. The van der Waals surface area contributed by atoms with Gasteiger partial charge in [0, 0.05) is 0 Å². The summed E-state index contributed by atoms with van der Waals surface area (Å²) in [5, 5.41) is 5.23. The van der Waals surface area contributed by atoms with E-state index in [2.05, 4.69) is 10.6 Å². The Balaban J connectivity index is 2.02. The normalized spacial score (nSPS) is 12.0. The first-order chi connectivity index (χ1) is 15.7. The highest BCUT2D eigenvalue weighted by Gasteiger charge is 2.22. The van der Waals surface area contributed by atoms with Crippen LogP contribution in [-0.2, 0) is 9.59 Å². The van der Waals surface area contributed by atoms with E-state index in [-0.39, 0.29) is 31.0 Å². The van der Waals surface area contributed by atoms with Crippen molar-refractivity contribution >= 4 is 17.5 Å². The number of methoxy groups -OCH3 is 1. The van der Waals surface area contributed by atoms with Gasteiger partial charge in [-0.1, -0.05) is 32.9 Å². The number of anilines is 1. The van der Waals surface area contributed by atoms with E-state index in [1.165, 1.54) is 0 Å². The Kier molecular flexibility index (Phi) is 9.72. The van der Waals surface area contributed by atoms with Gasteiger partial charge < -0.3 is 15.4 Å². The largest absolute Gasteiger partial charge is 0.497 e. The lowest BCUT2D eigenvalue weighted by atomic mass is 9.96. The van der Waals surface area contributed by atoms with Gasteiger partial charge in [-0.2, -0.15) is 0 Å². The standard InChI is InChI=1S/C24H30F3N3O3/c1-5-12-30(13-20(31)28-19-11-10-18(25)22(26)23(19)27)14-21(32)29-24(15(2)3)16-6-8-17(33-4)9-7-16/h6-11,15,24H,5,12-14H2,1-4H3,(H,28,31)(H,29,32). The van der Waals surface area contributed by atoms with E-state index in [0.717, 1.165) is 17.7 Å². The molecule has 0 radical (unpaired) electrons. The van der Waals surface area contributed by atoms with Gasteiger partial charge in [-0.3, -0.25) is 14.5 Å². The van der Waals surface area contributed by atoms with E-state index < -0.39 is 29.0 Å². The van der Waals surface area contributed by atoms with E-state index in [0.29, 0.717) is 18.7 Å². The second kappa shape index (κ2) is 12.2. The van der Waals surface area contributed by atoms with Crippen LogP contribution in [0, 0.1) is 23.4 Å². The van der Waals surface area contributed by atoms with Crippen LogP contribution < -0.4 is 15.4 Å². The first-order valence-corrected chi connectivity index (χ1v) is 10.7. The van der Waals surface area contributed by atoms with Crippen LogP contribution in [0.15, 0.2) is 36.4 Å². The summed E-state index contributed by atoms with van der Waals surface area (Å²) >= 11 is 0. The summed E-state index contributed by atoms with van der Waals surface area (Å²) < 4.78 is 45.5. The van der Waals surface area contributed by atoms with Crippen molar-refractivity contribution in [3.05, 3.63) is 59.4 Å². The number of benzene rings is 2. The molecule has 0 aliphatic carbocycles. The molecule has 0 saturated carbocycles. The Labute approximate surface area is 192 Å². The van der Waals surface area contributed by atoms with Crippen LogP contribution in [0.4, 0.5) is 18.9 Å². The highest BCUT2D eigenvalue weighted by Crippen LogP contribution is 2.24. The van der Waals surface area contributed by atoms with Crippen molar-refractivity contribution in [2.75, 3.05) is 32.1 Å². The zero-order valence-electron chi connectivity index (χ0n) is 19.3. The molecule has 0 heterocycles. The summed E-state index contributed by atoms with van der Waals surface area (Å²) in [4.78, 5) is 26.7. The van der Waals surface area contributed by atoms with Crippen molar-refractivity contribution in [1.29, 1.82) is 0 Å². The van der Waals surface area contributed by atoms with Crippen LogP contribution in [0.5, 0.6) is 5.75 Å². The number of carbonyl (C=O) groups is 2. The number of amides is 2. The molecule has 0 spiro atoms. The first kappa shape index (κ1) is 26.2. The SMILES string of the molecule is CCCN(CC(=O)Nc1ccc(F)c(F)c1F)CC(=O)NC(c1ccc(OC)cc1)C(C)C. The summed E-state index contributed by atoms with van der Waals surface area (Å²) in [6, 6.07) is 8.86. The number of ether oxygens (including phenoxy) is 1. The maximum Gasteiger partial charge on any atom is 0.238 e. The summed E-state index contributed by atoms with van der Waals surface area (Å²) in [6.07, 6.45) is 0.673. The molecule has 0 fully saturated rings.